The molecule has 0 aliphatic heterocycles. The standard InChI is InChI=1S/C11H15FN2O/c1-4-14-11(2,3)10(15)8-5-9(12)7-13-6-8/h5-7,14H,4H2,1-3H3. The zero-order chi connectivity index (χ0) is 11.5. The molecule has 0 atom stereocenters. The van der Waals surface area contributed by atoms with Crippen LogP contribution in [0.4, 0.5) is 4.39 Å². The number of pyridine rings is 1. The van der Waals surface area contributed by atoms with E-state index in [4.69, 9.17) is 0 Å². The lowest BCUT2D eigenvalue weighted by atomic mass is 9.94. The third-order valence-electron chi connectivity index (χ3n) is 2.15. The Hall–Kier alpha value is -1.29. The first-order valence-electron chi connectivity index (χ1n) is 4.87. The molecule has 1 N–H and O–H groups in total. The minimum Gasteiger partial charge on any atom is -0.305 e. The number of ketones is 1. The van der Waals surface area contributed by atoms with E-state index in [1.807, 2.05) is 6.92 Å². The summed E-state index contributed by atoms with van der Waals surface area (Å²) in [5.74, 6) is -0.649. The van der Waals surface area contributed by atoms with Gasteiger partial charge in [0, 0.05) is 11.8 Å². The third kappa shape index (κ3) is 2.83. The number of carbonyl (C=O) groups is 1. The number of Topliss-reactive ketones (excluding diaryl/α,β-unsaturated/α-hetero) is 1. The predicted molar refractivity (Wildman–Crippen MR) is 56.3 cm³/mol. The molecule has 0 saturated heterocycles. The summed E-state index contributed by atoms with van der Waals surface area (Å²) in [6.07, 6.45) is 2.46. The van der Waals surface area contributed by atoms with E-state index in [0.29, 0.717) is 12.1 Å². The van der Waals surface area contributed by atoms with Crippen LogP contribution in [-0.2, 0) is 0 Å². The van der Waals surface area contributed by atoms with Gasteiger partial charge in [-0.25, -0.2) is 4.39 Å². The van der Waals surface area contributed by atoms with Gasteiger partial charge in [0.15, 0.2) is 5.78 Å². The van der Waals surface area contributed by atoms with Crippen LogP contribution in [0.2, 0.25) is 0 Å². The molecule has 3 nitrogen and oxygen atoms in total. The van der Waals surface area contributed by atoms with Gasteiger partial charge < -0.3 is 5.32 Å². The Morgan fingerprint density at radius 1 is 1.53 bits per heavy atom. The van der Waals surface area contributed by atoms with E-state index in [1.54, 1.807) is 13.8 Å². The zero-order valence-electron chi connectivity index (χ0n) is 9.17. The number of nitrogens with one attached hydrogen (secondary N) is 1. The molecular formula is C11H15FN2O. The van der Waals surface area contributed by atoms with E-state index in [1.165, 1.54) is 12.3 Å². The molecule has 0 saturated carbocycles. The number of aromatic nitrogens is 1. The molecule has 0 bridgehead atoms. The van der Waals surface area contributed by atoms with Crippen LogP contribution in [0.1, 0.15) is 31.1 Å². The molecule has 1 heterocycles. The highest BCUT2D eigenvalue weighted by Gasteiger charge is 2.27. The topological polar surface area (TPSA) is 42.0 Å². The molecule has 82 valence electrons. The van der Waals surface area contributed by atoms with Crippen molar-refractivity contribution in [1.29, 1.82) is 0 Å². The highest BCUT2D eigenvalue weighted by Crippen LogP contribution is 2.12. The van der Waals surface area contributed by atoms with Gasteiger partial charge >= 0.3 is 0 Å². The maximum Gasteiger partial charge on any atom is 0.183 e. The first kappa shape index (κ1) is 11.8. The Kier molecular flexibility index (Phi) is 3.52. The third-order valence-corrected chi connectivity index (χ3v) is 2.15. The van der Waals surface area contributed by atoms with Gasteiger partial charge in [0.1, 0.15) is 5.82 Å². The van der Waals surface area contributed by atoms with Crippen molar-refractivity contribution in [3.63, 3.8) is 0 Å². The molecule has 0 fully saturated rings. The Balaban J connectivity index is 2.94. The summed E-state index contributed by atoms with van der Waals surface area (Å²) >= 11 is 0. The van der Waals surface area contributed by atoms with Crippen LogP contribution in [0.25, 0.3) is 0 Å². The van der Waals surface area contributed by atoms with Crippen LogP contribution in [0.15, 0.2) is 18.5 Å². The minimum absolute atomic E-state index is 0.156. The van der Waals surface area contributed by atoms with E-state index < -0.39 is 11.4 Å². The Morgan fingerprint density at radius 2 is 2.20 bits per heavy atom. The van der Waals surface area contributed by atoms with Crippen LogP contribution in [0.5, 0.6) is 0 Å². The fourth-order valence-corrected chi connectivity index (χ4v) is 1.42. The maximum atomic E-state index is 12.9. The highest BCUT2D eigenvalue weighted by atomic mass is 19.1. The number of carbonyl (C=O) groups excluding carboxylic acids is 1. The second kappa shape index (κ2) is 4.49. The summed E-state index contributed by atoms with van der Waals surface area (Å²) in [6, 6.07) is 1.20. The van der Waals surface area contributed by atoms with Gasteiger partial charge in [-0.1, -0.05) is 6.92 Å². The monoisotopic (exact) mass is 210 g/mol. The molecule has 0 aromatic carbocycles. The largest absolute Gasteiger partial charge is 0.305 e. The van der Waals surface area contributed by atoms with E-state index >= 15 is 0 Å². The van der Waals surface area contributed by atoms with Gasteiger partial charge in [-0.05, 0) is 26.5 Å². The Labute approximate surface area is 88.7 Å². The summed E-state index contributed by atoms with van der Waals surface area (Å²) in [6.45, 7) is 6.13. The molecule has 4 heteroatoms. The number of rotatable bonds is 4. The molecule has 0 spiro atoms. The van der Waals surface area contributed by atoms with Crippen molar-refractivity contribution in [1.82, 2.24) is 10.3 Å². The average molecular weight is 210 g/mol. The quantitative estimate of drug-likeness (QED) is 0.770. The first-order chi connectivity index (χ1) is 6.97. The number of likely N-dealkylation sites (N-methyl/N-ethyl adjacent to an activating group) is 1. The van der Waals surface area contributed by atoms with Crippen molar-refractivity contribution in [3.8, 4) is 0 Å². The lowest BCUT2D eigenvalue weighted by molar-refractivity contribution is 0.0883. The normalized spacial score (nSPS) is 11.5. The van der Waals surface area contributed by atoms with E-state index in [9.17, 15) is 9.18 Å². The molecule has 15 heavy (non-hydrogen) atoms. The van der Waals surface area contributed by atoms with Crippen LogP contribution >= 0.6 is 0 Å². The minimum atomic E-state index is -0.690. The SMILES string of the molecule is CCNC(C)(C)C(=O)c1cncc(F)c1. The molecule has 1 aromatic rings. The Bertz CT molecular complexity index is 363. The van der Waals surface area contributed by atoms with Crippen molar-refractivity contribution in [2.24, 2.45) is 0 Å². The van der Waals surface area contributed by atoms with Gasteiger partial charge in [-0.15, -0.1) is 0 Å². The molecular weight excluding hydrogens is 195 g/mol. The highest BCUT2D eigenvalue weighted by molar-refractivity contribution is 6.02. The van der Waals surface area contributed by atoms with Crippen molar-refractivity contribution in [3.05, 3.63) is 29.8 Å². The molecule has 1 rings (SSSR count). The summed E-state index contributed by atoms with van der Waals surface area (Å²) in [5, 5.41) is 3.04. The fraction of sp³-hybridized carbons (Fsp3) is 0.455. The number of halogens is 1. The summed E-state index contributed by atoms with van der Waals surface area (Å²) in [4.78, 5) is 15.6. The first-order valence-corrected chi connectivity index (χ1v) is 4.87. The second-order valence-electron chi connectivity index (χ2n) is 3.88. The van der Waals surface area contributed by atoms with Crippen molar-refractivity contribution < 1.29 is 9.18 Å². The van der Waals surface area contributed by atoms with Gasteiger partial charge in [-0.3, -0.25) is 9.78 Å². The average Bonchev–Trinajstić information content (AvgIpc) is 2.16. The second-order valence-corrected chi connectivity index (χ2v) is 3.88. The lowest BCUT2D eigenvalue weighted by Gasteiger charge is -2.23. The van der Waals surface area contributed by atoms with Gasteiger partial charge in [0.2, 0.25) is 0 Å². The molecule has 0 aliphatic carbocycles. The van der Waals surface area contributed by atoms with Crippen LogP contribution in [0.3, 0.4) is 0 Å². The van der Waals surface area contributed by atoms with E-state index in [-0.39, 0.29) is 5.78 Å². The zero-order valence-corrected chi connectivity index (χ0v) is 9.17. The van der Waals surface area contributed by atoms with Crippen LogP contribution < -0.4 is 5.32 Å². The lowest BCUT2D eigenvalue weighted by Crippen LogP contribution is -2.46. The molecule has 1 aromatic heterocycles. The Morgan fingerprint density at radius 3 is 2.73 bits per heavy atom. The molecule has 0 unspecified atom stereocenters. The predicted octanol–water partition coefficient (Wildman–Crippen LogP) is 1.79. The number of hydrogen-bond donors (Lipinski definition) is 1. The molecule has 0 aliphatic rings. The van der Waals surface area contributed by atoms with Gasteiger partial charge in [0.25, 0.3) is 0 Å². The van der Waals surface area contributed by atoms with Crippen molar-refractivity contribution in [2.45, 2.75) is 26.3 Å². The maximum absolute atomic E-state index is 12.9. The fourth-order valence-electron chi connectivity index (χ4n) is 1.42. The number of hydrogen-bond acceptors (Lipinski definition) is 3. The number of nitrogens with zero attached hydrogens (tertiary/aromatic N) is 1. The van der Waals surface area contributed by atoms with E-state index in [2.05, 4.69) is 10.3 Å². The van der Waals surface area contributed by atoms with Crippen LogP contribution in [0, 0.1) is 5.82 Å². The van der Waals surface area contributed by atoms with Crippen molar-refractivity contribution in [2.75, 3.05) is 6.54 Å². The molecule has 0 radical (unpaired) electrons. The summed E-state index contributed by atoms with van der Waals surface area (Å²) in [5.41, 5.74) is -0.398. The smallest absolute Gasteiger partial charge is 0.183 e. The van der Waals surface area contributed by atoms with Crippen LogP contribution in [-0.4, -0.2) is 22.9 Å². The molecule has 0 amide bonds. The van der Waals surface area contributed by atoms with Gasteiger partial charge in [0.05, 0.1) is 11.7 Å². The summed E-state index contributed by atoms with van der Waals surface area (Å²) in [7, 11) is 0. The van der Waals surface area contributed by atoms with E-state index in [0.717, 1.165) is 6.20 Å². The van der Waals surface area contributed by atoms with Gasteiger partial charge in [-0.2, -0.15) is 0 Å². The van der Waals surface area contributed by atoms with Crippen molar-refractivity contribution >= 4 is 5.78 Å². The summed E-state index contributed by atoms with van der Waals surface area (Å²) < 4.78 is 12.9.